The maximum atomic E-state index is 12.3. The predicted octanol–water partition coefficient (Wildman–Crippen LogP) is 5.92. The van der Waals surface area contributed by atoms with Crippen LogP contribution in [0, 0.1) is 0 Å². The largest absolute Gasteiger partial charge is 0.348 e. The summed E-state index contributed by atoms with van der Waals surface area (Å²) in [4.78, 5) is 23.8. The number of hydrogen-bond donors (Lipinski definition) is 1. The molecule has 1 aromatic heterocycles. The molecule has 0 saturated carbocycles. The van der Waals surface area contributed by atoms with Gasteiger partial charge in [-0.2, -0.15) is 4.98 Å². The fraction of sp³-hybridized carbons (Fsp3) is 0. The first-order valence-electron chi connectivity index (χ1n) is 9.88. The molecule has 0 bridgehead atoms. The second-order valence-corrected chi connectivity index (χ2v) is 6.92. The lowest BCUT2D eigenvalue weighted by molar-refractivity contribution is 1.00. The molecule has 0 aliphatic carbocycles. The molecule has 0 spiro atoms. The Kier molecular flexibility index (Phi) is 5.81. The van der Waals surface area contributed by atoms with Crippen LogP contribution in [0.25, 0.3) is 39.5 Å². The molecule has 31 heavy (non-hydrogen) atoms. The van der Waals surface area contributed by atoms with Gasteiger partial charge in [0.2, 0.25) is 0 Å². The van der Waals surface area contributed by atoms with Crippen molar-refractivity contribution in [2.45, 2.75) is 0 Å². The molecule has 4 rings (SSSR count). The summed E-state index contributed by atoms with van der Waals surface area (Å²) in [5.41, 5.74) is 5.14. The van der Waals surface area contributed by atoms with Gasteiger partial charge in [0.1, 0.15) is 5.82 Å². The molecular formula is C27H21N3O. The number of aromatic amines is 1. The summed E-state index contributed by atoms with van der Waals surface area (Å²) in [6.45, 7) is 7.60. The Morgan fingerprint density at radius 1 is 0.774 bits per heavy atom. The van der Waals surface area contributed by atoms with Crippen molar-refractivity contribution in [2.24, 2.45) is 0 Å². The molecule has 0 aliphatic heterocycles. The molecule has 1 heterocycles. The summed E-state index contributed by atoms with van der Waals surface area (Å²) in [5, 5.41) is 0. The smallest absolute Gasteiger partial charge is 0.290 e. The summed E-state index contributed by atoms with van der Waals surface area (Å²) >= 11 is 0. The van der Waals surface area contributed by atoms with Crippen molar-refractivity contribution in [2.75, 3.05) is 0 Å². The van der Waals surface area contributed by atoms with Gasteiger partial charge < -0.3 is 0 Å². The van der Waals surface area contributed by atoms with E-state index in [1.54, 1.807) is 12.2 Å². The Morgan fingerprint density at radius 2 is 1.48 bits per heavy atom. The number of hydrogen-bond acceptors (Lipinski definition) is 3. The van der Waals surface area contributed by atoms with Crippen LogP contribution in [0.2, 0.25) is 0 Å². The van der Waals surface area contributed by atoms with Gasteiger partial charge >= 0.3 is 5.69 Å². The van der Waals surface area contributed by atoms with Crippen LogP contribution in [0.4, 0.5) is 0 Å². The number of nitrogens with one attached hydrogen (secondary N) is 1. The predicted molar refractivity (Wildman–Crippen MR) is 127 cm³/mol. The normalized spacial score (nSPS) is 11.2. The quantitative estimate of drug-likeness (QED) is 0.407. The van der Waals surface area contributed by atoms with E-state index in [0.29, 0.717) is 11.6 Å². The third-order valence-electron chi connectivity index (χ3n) is 4.87. The molecule has 150 valence electrons. The van der Waals surface area contributed by atoms with E-state index in [9.17, 15) is 4.79 Å². The van der Waals surface area contributed by atoms with Crippen LogP contribution < -0.4 is 5.69 Å². The number of benzene rings is 3. The maximum Gasteiger partial charge on any atom is 0.348 e. The van der Waals surface area contributed by atoms with Crippen LogP contribution in [-0.2, 0) is 0 Å². The van der Waals surface area contributed by atoms with Gasteiger partial charge in [0.25, 0.3) is 0 Å². The topological polar surface area (TPSA) is 58.6 Å². The lowest BCUT2D eigenvalue weighted by Crippen LogP contribution is -2.14. The number of nitrogens with zero attached hydrogens (tertiary/aromatic N) is 2. The van der Waals surface area contributed by atoms with Crippen molar-refractivity contribution in [1.82, 2.24) is 15.0 Å². The third kappa shape index (κ3) is 4.49. The SMILES string of the molecule is C=C/C=C(\C=C)c1cccc(-c2nc(-c3cccc(-c4ccccc4)c3)[nH]c(=O)n2)c1. The molecule has 0 fully saturated rings. The van der Waals surface area contributed by atoms with Gasteiger partial charge in [0.05, 0.1) is 0 Å². The Bertz CT molecular complexity index is 1330. The van der Waals surface area contributed by atoms with E-state index in [1.807, 2.05) is 84.9 Å². The molecule has 0 atom stereocenters. The molecular weight excluding hydrogens is 382 g/mol. The molecule has 4 nitrogen and oxygen atoms in total. The monoisotopic (exact) mass is 403 g/mol. The summed E-state index contributed by atoms with van der Waals surface area (Å²) in [6.07, 6.45) is 5.36. The van der Waals surface area contributed by atoms with Gasteiger partial charge in [-0.25, -0.2) is 9.78 Å². The van der Waals surface area contributed by atoms with Crippen molar-refractivity contribution >= 4 is 5.57 Å². The summed E-state index contributed by atoms with van der Waals surface area (Å²) in [5.74, 6) is 0.844. The summed E-state index contributed by atoms with van der Waals surface area (Å²) in [6, 6.07) is 25.7. The molecule has 0 amide bonds. The lowest BCUT2D eigenvalue weighted by atomic mass is 10.0. The molecule has 3 aromatic carbocycles. The first kappa shape index (κ1) is 20.0. The Balaban J connectivity index is 1.78. The second-order valence-electron chi connectivity index (χ2n) is 6.92. The number of allylic oxidation sites excluding steroid dienone is 4. The first-order chi connectivity index (χ1) is 15.2. The number of H-pyrrole nitrogens is 1. The Hall–Kier alpha value is -4.31. The fourth-order valence-electron chi connectivity index (χ4n) is 3.37. The van der Waals surface area contributed by atoms with Gasteiger partial charge in [0.15, 0.2) is 5.82 Å². The molecule has 0 saturated heterocycles. The summed E-state index contributed by atoms with van der Waals surface area (Å²) < 4.78 is 0. The van der Waals surface area contributed by atoms with Crippen molar-refractivity contribution in [3.8, 4) is 33.9 Å². The van der Waals surface area contributed by atoms with Gasteiger partial charge in [0, 0.05) is 11.1 Å². The van der Waals surface area contributed by atoms with Crippen molar-refractivity contribution in [1.29, 1.82) is 0 Å². The van der Waals surface area contributed by atoms with E-state index in [0.717, 1.165) is 33.4 Å². The highest BCUT2D eigenvalue weighted by Gasteiger charge is 2.10. The van der Waals surface area contributed by atoms with Crippen LogP contribution in [0.3, 0.4) is 0 Å². The van der Waals surface area contributed by atoms with Crippen LogP contribution in [0.5, 0.6) is 0 Å². The second kappa shape index (κ2) is 9.01. The van der Waals surface area contributed by atoms with Gasteiger partial charge in [-0.3, -0.25) is 4.98 Å². The third-order valence-corrected chi connectivity index (χ3v) is 4.87. The highest BCUT2D eigenvalue weighted by molar-refractivity contribution is 5.77. The minimum Gasteiger partial charge on any atom is -0.290 e. The Labute approximate surface area is 181 Å². The first-order valence-corrected chi connectivity index (χ1v) is 9.88. The van der Waals surface area contributed by atoms with Crippen molar-refractivity contribution in [3.05, 3.63) is 126 Å². The maximum absolute atomic E-state index is 12.3. The standard InChI is InChI=1S/C27H21N3O/c1-3-10-19(4-2)21-13-8-15-23(17-21)25-28-26(30-27(31)29-25)24-16-9-14-22(18-24)20-11-6-5-7-12-20/h3-18H,1-2H2,(H,28,29,30,31)/b19-10+. The molecule has 0 unspecified atom stereocenters. The van der Waals surface area contributed by atoms with E-state index in [4.69, 9.17) is 0 Å². The van der Waals surface area contributed by atoms with E-state index >= 15 is 0 Å². The van der Waals surface area contributed by atoms with Crippen molar-refractivity contribution < 1.29 is 0 Å². The van der Waals surface area contributed by atoms with E-state index < -0.39 is 5.69 Å². The molecule has 1 N–H and O–H groups in total. The molecule has 0 radical (unpaired) electrons. The zero-order chi connectivity index (χ0) is 21.6. The number of rotatable bonds is 6. The number of aromatic nitrogens is 3. The van der Waals surface area contributed by atoms with Gasteiger partial charge in [-0.1, -0.05) is 98.1 Å². The minimum atomic E-state index is -0.443. The van der Waals surface area contributed by atoms with Crippen molar-refractivity contribution in [3.63, 3.8) is 0 Å². The highest BCUT2D eigenvalue weighted by Crippen LogP contribution is 2.26. The average Bonchev–Trinajstić information content (AvgIpc) is 2.83. The van der Waals surface area contributed by atoms with Crippen LogP contribution in [0.1, 0.15) is 5.56 Å². The van der Waals surface area contributed by atoms with Crippen LogP contribution in [-0.4, -0.2) is 15.0 Å². The minimum absolute atomic E-state index is 0.368. The van der Waals surface area contributed by atoms with E-state index in [1.165, 1.54) is 0 Å². The Morgan fingerprint density at radius 3 is 2.26 bits per heavy atom. The zero-order valence-corrected chi connectivity index (χ0v) is 17.0. The lowest BCUT2D eigenvalue weighted by Gasteiger charge is -2.08. The van der Waals surface area contributed by atoms with Gasteiger partial charge in [-0.15, -0.1) is 0 Å². The molecule has 4 aromatic rings. The fourth-order valence-corrected chi connectivity index (χ4v) is 3.37. The van der Waals surface area contributed by atoms with Crippen LogP contribution in [0.15, 0.2) is 115 Å². The molecule has 0 aliphatic rings. The van der Waals surface area contributed by atoms with Gasteiger partial charge in [-0.05, 0) is 34.4 Å². The molecule has 4 heteroatoms. The summed E-state index contributed by atoms with van der Waals surface area (Å²) in [7, 11) is 0. The average molecular weight is 403 g/mol. The van der Waals surface area contributed by atoms with E-state index in [2.05, 4.69) is 28.1 Å². The zero-order valence-electron chi connectivity index (χ0n) is 17.0. The van der Waals surface area contributed by atoms with Crippen LogP contribution >= 0.6 is 0 Å². The highest BCUT2D eigenvalue weighted by atomic mass is 16.1. The van der Waals surface area contributed by atoms with E-state index in [-0.39, 0.29) is 0 Å².